The zero-order chi connectivity index (χ0) is 17.3. The van der Waals surface area contributed by atoms with Gasteiger partial charge in [0.05, 0.1) is 0 Å². The van der Waals surface area contributed by atoms with Crippen LogP contribution in [0.4, 0.5) is 0 Å². The van der Waals surface area contributed by atoms with Crippen molar-refractivity contribution in [3.8, 4) is 0 Å². The summed E-state index contributed by atoms with van der Waals surface area (Å²) in [5.41, 5.74) is 0. The van der Waals surface area contributed by atoms with Crippen LogP contribution in [0.1, 0.15) is 0 Å². The summed E-state index contributed by atoms with van der Waals surface area (Å²) in [5, 5.41) is 0. The maximum atomic E-state index is 6.58. The lowest BCUT2D eigenvalue weighted by Gasteiger charge is -2.45. The molecule has 0 aromatic heterocycles. The Morgan fingerprint density at radius 2 is 0.857 bits per heavy atom. The monoisotopic (exact) mass is 368 g/mol. The van der Waals surface area contributed by atoms with Crippen molar-refractivity contribution in [1.82, 2.24) is 9.13 Å². The van der Waals surface area contributed by atoms with Gasteiger partial charge in [0.1, 0.15) is 0 Å². The fourth-order valence-corrected chi connectivity index (χ4v) is 20.1. The van der Waals surface area contributed by atoms with Crippen LogP contribution in [-0.4, -0.2) is 71.4 Å². The van der Waals surface area contributed by atoms with Gasteiger partial charge in [-0.05, 0) is 80.6 Å². The molecule has 128 valence electrons. The third-order valence-electron chi connectivity index (χ3n) is 3.14. The van der Waals surface area contributed by atoms with E-state index in [1.807, 2.05) is 0 Å². The number of hydrogen-bond acceptors (Lipinski definition) is 5. The average molecular weight is 369 g/mol. The van der Waals surface area contributed by atoms with Gasteiger partial charge in [-0.15, -0.1) is 0 Å². The van der Waals surface area contributed by atoms with Crippen molar-refractivity contribution < 1.29 is 12.3 Å². The third kappa shape index (κ3) is 7.66. The molecule has 0 atom stereocenters. The molecule has 0 aromatic carbocycles. The lowest BCUT2D eigenvalue weighted by atomic mass is 11.3. The van der Waals surface area contributed by atoms with Crippen molar-refractivity contribution in [1.29, 1.82) is 0 Å². The summed E-state index contributed by atoms with van der Waals surface area (Å²) in [4.78, 5) is 0. The summed E-state index contributed by atoms with van der Waals surface area (Å²) in [6.45, 7) is 17.4. The molecule has 0 aliphatic heterocycles. The standard InChI is InChI=1S/C12H36N2O3Si4/c1-13(2)21(12,14(3)4)17-20(10,11)16-19(8,9)15-18(5,6)7/h1-12H3. The Balaban J connectivity index is 5.06. The molecule has 0 saturated heterocycles. The molecule has 0 amide bonds. The smallest absolute Gasteiger partial charge is 0.344 e. The zero-order valence-corrected chi connectivity index (χ0v) is 20.1. The first kappa shape index (κ1) is 21.7. The van der Waals surface area contributed by atoms with Gasteiger partial charge in [0.25, 0.3) is 0 Å². The Labute approximate surface area is 136 Å². The molecular weight excluding hydrogens is 332 g/mol. The van der Waals surface area contributed by atoms with Gasteiger partial charge in [0.2, 0.25) is 0 Å². The molecule has 9 heteroatoms. The van der Waals surface area contributed by atoms with E-state index in [4.69, 9.17) is 12.3 Å². The van der Waals surface area contributed by atoms with Crippen LogP contribution in [0.2, 0.25) is 52.4 Å². The second-order valence-corrected chi connectivity index (χ2v) is 23.9. The molecule has 0 spiro atoms. The van der Waals surface area contributed by atoms with Gasteiger partial charge in [-0.3, -0.25) is 9.13 Å². The van der Waals surface area contributed by atoms with Crippen LogP contribution in [0.3, 0.4) is 0 Å². The van der Waals surface area contributed by atoms with E-state index in [1.165, 1.54) is 0 Å². The van der Waals surface area contributed by atoms with E-state index in [2.05, 4.69) is 89.7 Å². The lowest BCUT2D eigenvalue weighted by Crippen LogP contribution is -2.66. The minimum atomic E-state index is -2.26. The van der Waals surface area contributed by atoms with E-state index < -0.39 is 34.1 Å². The molecular formula is C12H36N2O3Si4. The van der Waals surface area contributed by atoms with Crippen LogP contribution in [0.15, 0.2) is 0 Å². The van der Waals surface area contributed by atoms with Crippen molar-refractivity contribution in [2.45, 2.75) is 52.4 Å². The fraction of sp³-hybridized carbons (Fsp3) is 1.00. The highest BCUT2D eigenvalue weighted by Crippen LogP contribution is 2.25. The molecule has 0 bridgehead atoms. The third-order valence-corrected chi connectivity index (χ3v) is 18.3. The Bertz CT molecular complexity index is 336. The predicted octanol–water partition coefficient (Wildman–Crippen LogP) is 2.97. The van der Waals surface area contributed by atoms with Crippen molar-refractivity contribution in [2.24, 2.45) is 0 Å². The number of rotatable bonds is 8. The summed E-state index contributed by atoms with van der Waals surface area (Å²) >= 11 is 0. The Morgan fingerprint density at radius 1 is 0.524 bits per heavy atom. The second-order valence-electron chi connectivity index (χ2n) is 7.94. The van der Waals surface area contributed by atoms with E-state index in [0.29, 0.717) is 0 Å². The van der Waals surface area contributed by atoms with E-state index in [-0.39, 0.29) is 0 Å². The lowest BCUT2D eigenvalue weighted by molar-refractivity contribution is 0.277. The van der Waals surface area contributed by atoms with Gasteiger partial charge in [-0.1, -0.05) is 0 Å². The summed E-state index contributed by atoms with van der Waals surface area (Å²) in [6.07, 6.45) is 0. The van der Waals surface area contributed by atoms with E-state index >= 15 is 0 Å². The molecule has 21 heavy (non-hydrogen) atoms. The minimum Gasteiger partial charge on any atom is -0.437 e. The van der Waals surface area contributed by atoms with Crippen LogP contribution in [0, 0.1) is 0 Å². The molecule has 0 rings (SSSR count). The number of hydrogen-bond donors (Lipinski definition) is 0. The maximum Gasteiger partial charge on any atom is 0.344 e. The maximum absolute atomic E-state index is 6.58. The largest absolute Gasteiger partial charge is 0.437 e. The Hall–Kier alpha value is 0.668. The summed E-state index contributed by atoms with van der Waals surface area (Å²) in [6, 6.07) is 0. The molecule has 0 unspecified atom stereocenters. The van der Waals surface area contributed by atoms with Crippen molar-refractivity contribution in [3.05, 3.63) is 0 Å². The minimum absolute atomic E-state index is 1.60. The molecule has 0 aromatic rings. The van der Waals surface area contributed by atoms with Gasteiger partial charge in [0, 0.05) is 0 Å². The van der Waals surface area contributed by atoms with Gasteiger partial charge in [0.15, 0.2) is 8.32 Å². The quantitative estimate of drug-likeness (QED) is 0.615. The van der Waals surface area contributed by atoms with Crippen molar-refractivity contribution in [3.63, 3.8) is 0 Å². The van der Waals surface area contributed by atoms with Crippen molar-refractivity contribution >= 4 is 34.1 Å². The highest BCUT2D eigenvalue weighted by Gasteiger charge is 2.46. The first-order chi connectivity index (χ1) is 9.01. The SMILES string of the molecule is CN(C)[Si](C)(O[Si](C)(C)O[Si](C)(C)O[Si](C)(C)C)N(C)C. The van der Waals surface area contributed by atoms with Crippen LogP contribution in [-0.2, 0) is 12.3 Å². The summed E-state index contributed by atoms with van der Waals surface area (Å²) in [7, 11) is 0.185. The molecule has 0 heterocycles. The Kier molecular flexibility index (Phi) is 7.28. The molecule has 0 aliphatic rings. The fourth-order valence-electron chi connectivity index (χ4n) is 2.42. The highest BCUT2D eigenvalue weighted by molar-refractivity contribution is 6.88. The molecule has 0 aliphatic carbocycles. The number of nitrogens with zero attached hydrogens (tertiary/aromatic N) is 2. The van der Waals surface area contributed by atoms with Crippen molar-refractivity contribution in [2.75, 3.05) is 28.2 Å². The highest BCUT2D eigenvalue weighted by atomic mass is 28.5. The summed E-state index contributed by atoms with van der Waals surface area (Å²) < 4.78 is 23.7. The normalized spacial score (nSPS) is 15.1. The van der Waals surface area contributed by atoms with E-state index in [0.717, 1.165) is 0 Å². The molecule has 0 saturated carbocycles. The van der Waals surface area contributed by atoms with Gasteiger partial charge in [-0.2, -0.15) is 0 Å². The van der Waals surface area contributed by atoms with Crippen LogP contribution in [0.25, 0.3) is 0 Å². The van der Waals surface area contributed by atoms with Crippen LogP contribution in [0.5, 0.6) is 0 Å². The molecule has 0 fully saturated rings. The first-order valence-corrected chi connectivity index (χ1v) is 18.8. The second kappa shape index (κ2) is 7.05. The van der Waals surface area contributed by atoms with E-state index in [9.17, 15) is 0 Å². The first-order valence-electron chi connectivity index (χ1n) is 7.46. The van der Waals surface area contributed by atoms with Gasteiger partial charge < -0.3 is 12.3 Å². The summed E-state index contributed by atoms with van der Waals surface area (Å²) in [5.74, 6) is 0. The van der Waals surface area contributed by atoms with E-state index in [1.54, 1.807) is 0 Å². The molecule has 0 N–H and O–H groups in total. The zero-order valence-electron chi connectivity index (χ0n) is 16.1. The van der Waals surface area contributed by atoms with Gasteiger partial charge in [-0.25, -0.2) is 0 Å². The topological polar surface area (TPSA) is 34.2 Å². The Morgan fingerprint density at radius 3 is 1.14 bits per heavy atom. The molecule has 0 radical (unpaired) electrons. The molecule has 5 nitrogen and oxygen atoms in total. The van der Waals surface area contributed by atoms with Crippen LogP contribution >= 0.6 is 0 Å². The average Bonchev–Trinajstić information content (AvgIpc) is 2.08. The van der Waals surface area contributed by atoms with Gasteiger partial charge >= 0.3 is 25.8 Å². The predicted molar refractivity (Wildman–Crippen MR) is 101 cm³/mol. The van der Waals surface area contributed by atoms with Crippen LogP contribution < -0.4 is 0 Å².